The predicted molar refractivity (Wildman–Crippen MR) is 92.8 cm³/mol. The van der Waals surface area contributed by atoms with E-state index in [1.807, 2.05) is 36.7 Å². The lowest BCUT2D eigenvalue weighted by atomic mass is 10.1. The Morgan fingerprint density at radius 1 is 0.905 bits per heavy atom. The van der Waals surface area contributed by atoms with E-state index in [1.165, 1.54) is 30.7 Å². The minimum atomic E-state index is -0.0895. The van der Waals surface area contributed by atoms with E-state index >= 15 is 0 Å². The van der Waals surface area contributed by atoms with Gasteiger partial charge < -0.3 is 0 Å². The van der Waals surface area contributed by atoms with Crippen LogP contribution in [0.3, 0.4) is 0 Å². The Bertz CT molecular complexity index is 504. The quantitative estimate of drug-likeness (QED) is 0.659. The fourth-order valence-electron chi connectivity index (χ4n) is 2.31. The highest BCUT2D eigenvalue weighted by Gasteiger charge is 2.11. The third-order valence-electron chi connectivity index (χ3n) is 3.22. The smallest absolute Gasteiger partial charge is 0.0724 e. The third-order valence-corrected chi connectivity index (χ3v) is 5.88. The van der Waals surface area contributed by atoms with Crippen molar-refractivity contribution in [3.63, 3.8) is 0 Å². The first-order valence-electron chi connectivity index (χ1n) is 7.63. The summed E-state index contributed by atoms with van der Waals surface area (Å²) >= 11 is 0. The first-order valence-corrected chi connectivity index (χ1v) is 9.42. The summed E-state index contributed by atoms with van der Waals surface area (Å²) in [6.07, 6.45) is 8.75. The molecule has 3 heteroatoms. The minimum Gasteiger partial charge on any atom is -0.256 e. The lowest BCUT2D eigenvalue weighted by molar-refractivity contribution is 1.06. The molecule has 0 aliphatic carbocycles. The van der Waals surface area contributed by atoms with Crippen molar-refractivity contribution in [2.75, 3.05) is 12.3 Å². The summed E-state index contributed by atoms with van der Waals surface area (Å²) in [7, 11) is -0.0895. The van der Waals surface area contributed by atoms with E-state index in [4.69, 9.17) is 0 Å². The Labute approximate surface area is 129 Å². The van der Waals surface area contributed by atoms with Crippen molar-refractivity contribution in [2.24, 2.45) is 0 Å². The fraction of sp³-hybridized carbons (Fsp3) is 0.333. The number of rotatable bonds is 7. The highest BCUT2D eigenvalue weighted by Crippen LogP contribution is 2.42. The van der Waals surface area contributed by atoms with Crippen LogP contribution in [0.25, 0.3) is 5.57 Å². The molecule has 0 unspecified atom stereocenters. The predicted octanol–water partition coefficient (Wildman–Crippen LogP) is 5.17. The van der Waals surface area contributed by atoms with Gasteiger partial charge in [-0.3, -0.25) is 9.97 Å². The van der Waals surface area contributed by atoms with Crippen LogP contribution in [-0.4, -0.2) is 22.3 Å². The van der Waals surface area contributed by atoms with Crippen LogP contribution in [-0.2, 0) is 0 Å². The maximum atomic E-state index is 4.53. The maximum absolute atomic E-state index is 4.53. The van der Waals surface area contributed by atoms with Crippen LogP contribution < -0.4 is 0 Å². The molecule has 0 N–H and O–H groups in total. The lowest BCUT2D eigenvalue weighted by Gasteiger charge is -2.14. The molecule has 0 aliphatic rings. The molecule has 2 aromatic rings. The topological polar surface area (TPSA) is 25.8 Å². The molecule has 21 heavy (non-hydrogen) atoms. The third kappa shape index (κ3) is 4.75. The summed E-state index contributed by atoms with van der Waals surface area (Å²) in [5.74, 6) is 2.44. The molecular weight excluding hydrogens is 275 g/mol. The van der Waals surface area contributed by atoms with Crippen LogP contribution >= 0.6 is 7.92 Å². The minimum absolute atomic E-state index is 0.0895. The van der Waals surface area contributed by atoms with Gasteiger partial charge in [0.15, 0.2) is 0 Å². The van der Waals surface area contributed by atoms with Crippen molar-refractivity contribution in [3.8, 4) is 0 Å². The van der Waals surface area contributed by atoms with Crippen molar-refractivity contribution < 1.29 is 0 Å². The van der Waals surface area contributed by atoms with Gasteiger partial charge in [0.2, 0.25) is 0 Å². The SMILES string of the molecule is CCCP(C=C(c1ccccn1)c1ccccn1)CCC. The molecule has 0 aliphatic heterocycles. The van der Waals surface area contributed by atoms with E-state index in [9.17, 15) is 0 Å². The molecule has 2 rings (SSSR count). The second-order valence-corrected chi connectivity index (χ2v) is 7.34. The number of aromatic nitrogens is 2. The Balaban J connectivity index is 2.40. The van der Waals surface area contributed by atoms with Gasteiger partial charge in [0.25, 0.3) is 0 Å². The van der Waals surface area contributed by atoms with Gasteiger partial charge in [-0.05, 0) is 42.4 Å². The number of hydrogen-bond acceptors (Lipinski definition) is 2. The molecule has 0 bridgehead atoms. The molecule has 0 radical (unpaired) electrons. The molecule has 2 heterocycles. The molecule has 110 valence electrons. The fourth-order valence-corrected chi connectivity index (χ4v) is 4.57. The zero-order valence-electron chi connectivity index (χ0n) is 12.9. The van der Waals surface area contributed by atoms with Crippen LogP contribution in [0.4, 0.5) is 0 Å². The van der Waals surface area contributed by atoms with Crippen LogP contribution in [0.5, 0.6) is 0 Å². The number of nitrogens with zero attached hydrogens (tertiary/aromatic N) is 2. The van der Waals surface area contributed by atoms with Gasteiger partial charge in [0.1, 0.15) is 0 Å². The van der Waals surface area contributed by atoms with Crippen molar-refractivity contribution in [2.45, 2.75) is 26.7 Å². The van der Waals surface area contributed by atoms with E-state index in [1.54, 1.807) is 0 Å². The standard InChI is InChI=1S/C18H23N2P/c1-3-13-21(14-4-2)15-16(17-9-5-7-11-19-17)18-10-6-8-12-20-18/h5-12,15H,3-4,13-14H2,1-2H3. The van der Waals surface area contributed by atoms with Crippen LogP contribution in [0.2, 0.25) is 0 Å². The van der Waals surface area contributed by atoms with E-state index in [0.717, 1.165) is 11.4 Å². The van der Waals surface area contributed by atoms with Gasteiger partial charge in [-0.2, -0.15) is 0 Å². The van der Waals surface area contributed by atoms with Gasteiger partial charge in [0.05, 0.1) is 11.4 Å². The highest BCUT2D eigenvalue weighted by atomic mass is 31.1. The molecule has 0 amide bonds. The Kier molecular flexibility index (Phi) is 6.56. The van der Waals surface area contributed by atoms with Crippen molar-refractivity contribution >= 4 is 13.5 Å². The zero-order chi connectivity index (χ0) is 14.9. The van der Waals surface area contributed by atoms with Crippen molar-refractivity contribution in [1.29, 1.82) is 0 Å². The van der Waals surface area contributed by atoms with Gasteiger partial charge in [-0.15, -0.1) is 0 Å². The average Bonchev–Trinajstić information content (AvgIpc) is 2.54. The van der Waals surface area contributed by atoms with Crippen LogP contribution in [0, 0.1) is 0 Å². The maximum Gasteiger partial charge on any atom is 0.0724 e. The van der Waals surface area contributed by atoms with Gasteiger partial charge >= 0.3 is 0 Å². The van der Waals surface area contributed by atoms with Crippen LogP contribution in [0.1, 0.15) is 38.1 Å². The number of pyridine rings is 2. The molecule has 0 saturated heterocycles. The molecule has 0 saturated carbocycles. The Morgan fingerprint density at radius 3 is 1.81 bits per heavy atom. The second-order valence-electron chi connectivity index (χ2n) is 5.01. The average molecular weight is 298 g/mol. The largest absolute Gasteiger partial charge is 0.256 e. The first kappa shape index (κ1) is 15.9. The van der Waals surface area contributed by atoms with Crippen molar-refractivity contribution in [3.05, 3.63) is 66.0 Å². The van der Waals surface area contributed by atoms with Crippen LogP contribution in [0.15, 0.2) is 54.6 Å². The highest BCUT2D eigenvalue weighted by molar-refractivity contribution is 7.61. The van der Waals surface area contributed by atoms with Crippen molar-refractivity contribution in [1.82, 2.24) is 9.97 Å². The van der Waals surface area contributed by atoms with E-state index in [-0.39, 0.29) is 7.92 Å². The van der Waals surface area contributed by atoms with E-state index < -0.39 is 0 Å². The van der Waals surface area contributed by atoms with Gasteiger partial charge in [-0.1, -0.05) is 46.7 Å². The molecule has 2 aromatic heterocycles. The molecule has 2 nitrogen and oxygen atoms in total. The normalized spacial score (nSPS) is 10.6. The molecular formula is C18H23N2P. The zero-order valence-corrected chi connectivity index (χ0v) is 13.8. The summed E-state index contributed by atoms with van der Waals surface area (Å²) in [5.41, 5.74) is 3.23. The monoisotopic (exact) mass is 298 g/mol. The molecule has 0 spiro atoms. The number of hydrogen-bond donors (Lipinski definition) is 0. The molecule has 0 aromatic carbocycles. The Morgan fingerprint density at radius 2 is 1.43 bits per heavy atom. The summed E-state index contributed by atoms with van der Waals surface area (Å²) in [4.78, 5) is 9.06. The Hall–Kier alpha value is -1.53. The molecule has 0 atom stereocenters. The summed E-state index contributed by atoms with van der Waals surface area (Å²) in [6, 6.07) is 12.2. The second kappa shape index (κ2) is 8.69. The van der Waals surface area contributed by atoms with E-state index in [0.29, 0.717) is 0 Å². The van der Waals surface area contributed by atoms with Gasteiger partial charge in [-0.25, -0.2) is 0 Å². The first-order chi connectivity index (χ1) is 10.3. The summed E-state index contributed by atoms with van der Waals surface area (Å²) in [5, 5.41) is 0. The molecule has 0 fully saturated rings. The summed E-state index contributed by atoms with van der Waals surface area (Å²) < 4.78 is 0. The van der Waals surface area contributed by atoms with E-state index in [2.05, 4.69) is 41.8 Å². The summed E-state index contributed by atoms with van der Waals surface area (Å²) in [6.45, 7) is 4.53. The lowest BCUT2D eigenvalue weighted by Crippen LogP contribution is -1.95. The van der Waals surface area contributed by atoms with Gasteiger partial charge in [0, 0.05) is 18.0 Å².